The molecule has 0 atom stereocenters. The van der Waals surface area contributed by atoms with Crippen LogP contribution in [0.4, 0.5) is 0 Å². The highest BCUT2D eigenvalue weighted by Crippen LogP contribution is 2.27. The maximum Gasteiger partial charge on any atom is 0.191 e. The second-order valence-electron chi connectivity index (χ2n) is 6.92. The van der Waals surface area contributed by atoms with Gasteiger partial charge in [0.15, 0.2) is 17.5 Å². The fraction of sp³-hybridized carbons (Fsp3) is 0.435. The Hall–Kier alpha value is -2.00. The number of rotatable bonds is 10. The van der Waals surface area contributed by atoms with Crippen molar-refractivity contribution in [2.45, 2.75) is 46.6 Å². The first kappa shape index (κ1) is 26.0. The number of guanidine groups is 1. The van der Waals surface area contributed by atoms with Gasteiger partial charge < -0.3 is 24.8 Å². The lowest BCUT2D eigenvalue weighted by atomic mass is 10.1. The first-order chi connectivity index (χ1) is 14.0. The van der Waals surface area contributed by atoms with Gasteiger partial charge in [-0.25, -0.2) is 4.99 Å². The zero-order chi connectivity index (χ0) is 21.1. The number of methoxy groups -OCH3 is 2. The summed E-state index contributed by atoms with van der Waals surface area (Å²) in [5, 5.41) is 6.66. The van der Waals surface area contributed by atoms with Crippen LogP contribution < -0.4 is 20.1 Å². The van der Waals surface area contributed by atoms with Gasteiger partial charge in [-0.2, -0.15) is 0 Å². The topological polar surface area (TPSA) is 64.1 Å². The minimum atomic E-state index is 0. The molecule has 0 aromatic heterocycles. The van der Waals surface area contributed by atoms with Crippen LogP contribution in [-0.4, -0.2) is 32.8 Å². The van der Waals surface area contributed by atoms with Crippen molar-refractivity contribution in [2.75, 3.05) is 20.8 Å². The van der Waals surface area contributed by atoms with Gasteiger partial charge in [0, 0.05) is 13.1 Å². The monoisotopic (exact) mass is 527 g/mol. The summed E-state index contributed by atoms with van der Waals surface area (Å²) in [6, 6.07) is 14.2. The predicted molar refractivity (Wildman–Crippen MR) is 133 cm³/mol. The van der Waals surface area contributed by atoms with Crippen LogP contribution in [0, 0.1) is 0 Å². The first-order valence-corrected chi connectivity index (χ1v) is 9.98. The summed E-state index contributed by atoms with van der Waals surface area (Å²) in [5.74, 6) is 2.21. The Morgan fingerprint density at radius 2 is 1.67 bits per heavy atom. The SMILES string of the molecule is CCNC(=NCc1cccc(COC(C)C)c1)NCc1ccc(OC)c(OC)c1.I. The largest absolute Gasteiger partial charge is 0.493 e. The standard InChI is InChI=1S/C23H33N3O3.HI/c1-6-24-23(26-15-19-10-11-21(27-4)22(13-19)28-5)25-14-18-8-7-9-20(12-18)16-29-17(2)3;/h7-13,17H,6,14-16H2,1-5H3,(H2,24,25,26);1H. The normalized spacial score (nSPS) is 11.1. The van der Waals surface area contributed by atoms with Crippen LogP contribution in [0.3, 0.4) is 0 Å². The highest BCUT2D eigenvalue weighted by molar-refractivity contribution is 14.0. The second-order valence-corrected chi connectivity index (χ2v) is 6.92. The molecule has 2 aromatic carbocycles. The molecule has 0 heterocycles. The summed E-state index contributed by atoms with van der Waals surface area (Å²) in [7, 11) is 3.27. The molecule has 0 bridgehead atoms. The Balaban J connectivity index is 0.00000450. The van der Waals surface area contributed by atoms with Gasteiger partial charge in [-0.15, -0.1) is 24.0 Å². The fourth-order valence-corrected chi connectivity index (χ4v) is 2.77. The summed E-state index contributed by atoms with van der Waals surface area (Å²) in [5.41, 5.74) is 3.40. The van der Waals surface area contributed by atoms with Crippen molar-refractivity contribution in [3.63, 3.8) is 0 Å². The Bertz CT molecular complexity index is 797. The Labute approximate surface area is 197 Å². The van der Waals surface area contributed by atoms with E-state index in [4.69, 9.17) is 19.2 Å². The molecule has 0 aliphatic carbocycles. The molecule has 0 radical (unpaired) electrons. The smallest absolute Gasteiger partial charge is 0.191 e. The number of hydrogen-bond donors (Lipinski definition) is 2. The van der Waals surface area contributed by atoms with Crippen molar-refractivity contribution < 1.29 is 14.2 Å². The van der Waals surface area contributed by atoms with Gasteiger partial charge in [0.2, 0.25) is 0 Å². The average molecular weight is 527 g/mol. The van der Waals surface area contributed by atoms with Gasteiger partial charge in [-0.05, 0) is 49.6 Å². The molecule has 0 spiro atoms. The molecule has 2 aromatic rings. The summed E-state index contributed by atoms with van der Waals surface area (Å²) in [4.78, 5) is 4.71. The lowest BCUT2D eigenvalue weighted by Crippen LogP contribution is -2.36. The van der Waals surface area contributed by atoms with E-state index in [-0.39, 0.29) is 30.1 Å². The third-order valence-corrected chi connectivity index (χ3v) is 4.25. The van der Waals surface area contributed by atoms with Crippen molar-refractivity contribution in [1.29, 1.82) is 0 Å². The molecule has 0 aliphatic rings. The minimum Gasteiger partial charge on any atom is -0.493 e. The highest BCUT2D eigenvalue weighted by Gasteiger charge is 2.06. The molecule has 0 unspecified atom stereocenters. The summed E-state index contributed by atoms with van der Waals surface area (Å²) >= 11 is 0. The zero-order valence-electron chi connectivity index (χ0n) is 18.5. The zero-order valence-corrected chi connectivity index (χ0v) is 20.9. The van der Waals surface area contributed by atoms with E-state index in [0.717, 1.165) is 34.9 Å². The maximum atomic E-state index is 5.69. The summed E-state index contributed by atoms with van der Waals surface area (Å²) in [6.07, 6.45) is 0.220. The third kappa shape index (κ3) is 8.79. The molecule has 0 saturated heterocycles. The van der Waals surface area contributed by atoms with Crippen LogP contribution in [0.5, 0.6) is 11.5 Å². The van der Waals surface area contributed by atoms with Crippen molar-refractivity contribution in [3.05, 3.63) is 59.2 Å². The Morgan fingerprint density at radius 3 is 2.33 bits per heavy atom. The van der Waals surface area contributed by atoms with Crippen LogP contribution in [0.2, 0.25) is 0 Å². The molecule has 7 heteroatoms. The number of ether oxygens (including phenoxy) is 3. The third-order valence-electron chi connectivity index (χ3n) is 4.25. The van der Waals surface area contributed by atoms with E-state index in [9.17, 15) is 0 Å². The number of hydrogen-bond acceptors (Lipinski definition) is 4. The molecular weight excluding hydrogens is 493 g/mol. The van der Waals surface area contributed by atoms with Crippen LogP contribution in [0.15, 0.2) is 47.5 Å². The van der Waals surface area contributed by atoms with Crippen LogP contribution >= 0.6 is 24.0 Å². The molecule has 0 amide bonds. The number of benzene rings is 2. The quantitative estimate of drug-likeness (QED) is 0.271. The van der Waals surface area contributed by atoms with Crippen molar-refractivity contribution in [3.8, 4) is 11.5 Å². The lowest BCUT2D eigenvalue weighted by molar-refractivity contribution is 0.0657. The molecule has 6 nitrogen and oxygen atoms in total. The van der Waals surface area contributed by atoms with E-state index < -0.39 is 0 Å². The first-order valence-electron chi connectivity index (χ1n) is 9.98. The van der Waals surface area contributed by atoms with Gasteiger partial charge in [-0.3, -0.25) is 0 Å². The van der Waals surface area contributed by atoms with E-state index in [2.05, 4.69) is 35.8 Å². The molecule has 0 fully saturated rings. The molecule has 0 aliphatic heterocycles. The van der Waals surface area contributed by atoms with E-state index in [1.807, 2.05) is 38.1 Å². The maximum absolute atomic E-state index is 5.69. The van der Waals surface area contributed by atoms with Gasteiger partial charge in [0.25, 0.3) is 0 Å². The van der Waals surface area contributed by atoms with E-state index in [1.165, 1.54) is 0 Å². The number of nitrogens with one attached hydrogen (secondary N) is 2. The molecule has 2 N–H and O–H groups in total. The van der Waals surface area contributed by atoms with Crippen molar-refractivity contribution in [2.24, 2.45) is 4.99 Å². The van der Waals surface area contributed by atoms with Crippen molar-refractivity contribution >= 4 is 29.9 Å². The molecule has 166 valence electrons. The average Bonchev–Trinajstić information content (AvgIpc) is 2.74. The molecule has 0 saturated carbocycles. The second kappa shape index (κ2) is 14.1. The van der Waals surface area contributed by atoms with Crippen LogP contribution in [0.1, 0.15) is 37.5 Å². The minimum absolute atomic E-state index is 0. The van der Waals surface area contributed by atoms with Gasteiger partial charge in [0.1, 0.15) is 0 Å². The number of halogens is 1. The summed E-state index contributed by atoms with van der Waals surface area (Å²) in [6.45, 7) is 8.78. The number of aliphatic imine (C=N–C) groups is 1. The fourth-order valence-electron chi connectivity index (χ4n) is 2.77. The predicted octanol–water partition coefficient (Wildman–Crippen LogP) is 4.50. The van der Waals surface area contributed by atoms with Crippen LogP contribution in [0.25, 0.3) is 0 Å². The molecule has 2 rings (SSSR count). The summed E-state index contributed by atoms with van der Waals surface area (Å²) < 4.78 is 16.4. The Kier molecular flexibility index (Phi) is 12.2. The number of nitrogens with zero attached hydrogens (tertiary/aromatic N) is 1. The van der Waals surface area contributed by atoms with Crippen LogP contribution in [-0.2, 0) is 24.4 Å². The van der Waals surface area contributed by atoms with Crippen molar-refractivity contribution in [1.82, 2.24) is 10.6 Å². The van der Waals surface area contributed by atoms with Gasteiger partial charge >= 0.3 is 0 Å². The molecule has 30 heavy (non-hydrogen) atoms. The van der Waals surface area contributed by atoms with Gasteiger partial charge in [0.05, 0.1) is 33.5 Å². The Morgan fingerprint density at radius 1 is 0.933 bits per heavy atom. The highest BCUT2D eigenvalue weighted by atomic mass is 127. The molecular formula is C23H34IN3O3. The van der Waals surface area contributed by atoms with E-state index in [0.29, 0.717) is 25.4 Å². The van der Waals surface area contributed by atoms with E-state index in [1.54, 1.807) is 14.2 Å². The van der Waals surface area contributed by atoms with E-state index >= 15 is 0 Å². The van der Waals surface area contributed by atoms with Gasteiger partial charge in [-0.1, -0.05) is 30.3 Å². The lowest BCUT2D eigenvalue weighted by Gasteiger charge is -2.13.